The Morgan fingerprint density at radius 2 is 2.00 bits per heavy atom. The van der Waals surface area contributed by atoms with Crippen molar-refractivity contribution in [1.82, 2.24) is 4.57 Å². The molecule has 4 heteroatoms. The third-order valence-electron chi connectivity index (χ3n) is 4.16. The van der Waals surface area contributed by atoms with E-state index in [-0.39, 0.29) is 10.5 Å². The summed E-state index contributed by atoms with van der Waals surface area (Å²) in [7, 11) is 0. The number of nitrogens with zero attached hydrogens (tertiary/aromatic N) is 1. The zero-order chi connectivity index (χ0) is 15.0. The van der Waals surface area contributed by atoms with Crippen molar-refractivity contribution in [2.75, 3.05) is 0 Å². The minimum atomic E-state index is -0.108. The van der Waals surface area contributed by atoms with Gasteiger partial charge in [-0.3, -0.25) is 4.79 Å². The van der Waals surface area contributed by atoms with E-state index in [9.17, 15) is 4.79 Å². The summed E-state index contributed by atoms with van der Waals surface area (Å²) in [5.74, 6) is 0. The maximum atomic E-state index is 12.5. The number of thiocarbonyl (C=S) groups is 1. The van der Waals surface area contributed by atoms with E-state index in [4.69, 9.17) is 18.0 Å². The molecule has 0 amide bonds. The standard InChI is InChI=1S/C17H18N2OS/c1-11-5-8-15(16(18)21)17(20)19(11)10-12-6-7-13-3-2-4-14(13)9-12/h5-9H,2-4,10H2,1H3,(H2,18,21). The first kappa shape index (κ1) is 14.0. The van der Waals surface area contributed by atoms with Gasteiger partial charge in [0.25, 0.3) is 5.56 Å². The van der Waals surface area contributed by atoms with Crippen LogP contribution < -0.4 is 11.3 Å². The van der Waals surface area contributed by atoms with E-state index < -0.39 is 0 Å². The summed E-state index contributed by atoms with van der Waals surface area (Å²) in [6, 6.07) is 10.1. The van der Waals surface area contributed by atoms with Crippen LogP contribution in [0.5, 0.6) is 0 Å². The summed E-state index contributed by atoms with van der Waals surface area (Å²) in [5, 5.41) is 0. The van der Waals surface area contributed by atoms with Crippen molar-refractivity contribution in [2.24, 2.45) is 5.73 Å². The predicted molar refractivity (Wildman–Crippen MR) is 88.9 cm³/mol. The number of rotatable bonds is 3. The fourth-order valence-electron chi connectivity index (χ4n) is 2.96. The molecule has 0 fully saturated rings. The van der Waals surface area contributed by atoms with Gasteiger partial charge in [-0.1, -0.05) is 30.4 Å². The number of fused-ring (bicyclic) bond motifs is 1. The molecule has 2 N–H and O–H groups in total. The molecule has 0 saturated heterocycles. The van der Waals surface area contributed by atoms with Crippen molar-refractivity contribution in [2.45, 2.75) is 32.7 Å². The second-order valence-electron chi connectivity index (χ2n) is 5.60. The Morgan fingerprint density at radius 1 is 1.24 bits per heavy atom. The SMILES string of the molecule is Cc1ccc(C(N)=S)c(=O)n1Cc1ccc2c(c1)CCC2. The Morgan fingerprint density at radius 3 is 2.76 bits per heavy atom. The number of hydrogen-bond donors (Lipinski definition) is 1. The molecule has 21 heavy (non-hydrogen) atoms. The second kappa shape index (κ2) is 5.45. The molecule has 2 aromatic rings. The van der Waals surface area contributed by atoms with Crippen LogP contribution in [0, 0.1) is 6.92 Å². The van der Waals surface area contributed by atoms with Crippen LogP contribution in [0.25, 0.3) is 0 Å². The highest BCUT2D eigenvalue weighted by Gasteiger charge is 2.13. The molecule has 0 aliphatic heterocycles. The summed E-state index contributed by atoms with van der Waals surface area (Å²) in [6.07, 6.45) is 3.55. The number of pyridine rings is 1. The van der Waals surface area contributed by atoms with E-state index in [0.29, 0.717) is 12.1 Å². The van der Waals surface area contributed by atoms with E-state index in [0.717, 1.165) is 17.7 Å². The van der Waals surface area contributed by atoms with E-state index >= 15 is 0 Å². The quantitative estimate of drug-likeness (QED) is 0.885. The van der Waals surface area contributed by atoms with E-state index in [1.165, 1.54) is 24.0 Å². The highest BCUT2D eigenvalue weighted by molar-refractivity contribution is 7.80. The van der Waals surface area contributed by atoms with Gasteiger partial charge in [-0.25, -0.2) is 0 Å². The summed E-state index contributed by atoms with van der Waals surface area (Å²) in [6.45, 7) is 2.49. The molecule has 0 unspecified atom stereocenters. The van der Waals surface area contributed by atoms with Crippen LogP contribution in [-0.4, -0.2) is 9.56 Å². The lowest BCUT2D eigenvalue weighted by atomic mass is 10.1. The largest absolute Gasteiger partial charge is 0.389 e. The Hall–Kier alpha value is -1.94. The average molecular weight is 298 g/mol. The number of benzene rings is 1. The van der Waals surface area contributed by atoms with Crippen molar-refractivity contribution in [3.8, 4) is 0 Å². The molecule has 1 aromatic heterocycles. The summed E-state index contributed by atoms with van der Waals surface area (Å²) < 4.78 is 1.74. The molecule has 3 nitrogen and oxygen atoms in total. The zero-order valence-corrected chi connectivity index (χ0v) is 12.9. The normalized spacial score (nSPS) is 13.2. The van der Waals surface area contributed by atoms with Crippen molar-refractivity contribution >= 4 is 17.2 Å². The minimum absolute atomic E-state index is 0.108. The third kappa shape index (κ3) is 2.63. The summed E-state index contributed by atoms with van der Waals surface area (Å²) >= 11 is 4.95. The average Bonchev–Trinajstić information content (AvgIpc) is 2.90. The summed E-state index contributed by atoms with van der Waals surface area (Å²) in [4.78, 5) is 12.6. The highest BCUT2D eigenvalue weighted by Crippen LogP contribution is 2.23. The van der Waals surface area contributed by atoms with Gasteiger partial charge in [0, 0.05) is 5.69 Å². The van der Waals surface area contributed by atoms with Gasteiger partial charge in [0.05, 0.1) is 12.1 Å². The van der Waals surface area contributed by atoms with Gasteiger partial charge in [-0.15, -0.1) is 0 Å². The molecular weight excluding hydrogens is 280 g/mol. The van der Waals surface area contributed by atoms with E-state index in [2.05, 4.69) is 18.2 Å². The number of nitrogens with two attached hydrogens (primary N) is 1. The smallest absolute Gasteiger partial charge is 0.261 e. The lowest BCUT2D eigenvalue weighted by Gasteiger charge is -2.12. The van der Waals surface area contributed by atoms with Gasteiger partial charge in [0.2, 0.25) is 0 Å². The van der Waals surface area contributed by atoms with Gasteiger partial charge < -0.3 is 10.3 Å². The second-order valence-corrected chi connectivity index (χ2v) is 6.04. The van der Waals surface area contributed by atoms with Crippen molar-refractivity contribution < 1.29 is 0 Å². The van der Waals surface area contributed by atoms with Gasteiger partial charge in [-0.05, 0) is 55.0 Å². The van der Waals surface area contributed by atoms with Crippen LogP contribution in [0.15, 0.2) is 35.1 Å². The monoisotopic (exact) mass is 298 g/mol. The first-order valence-electron chi connectivity index (χ1n) is 7.17. The van der Waals surface area contributed by atoms with Gasteiger partial charge >= 0.3 is 0 Å². The lowest BCUT2D eigenvalue weighted by molar-refractivity contribution is 0.727. The topological polar surface area (TPSA) is 48.0 Å². The lowest BCUT2D eigenvalue weighted by Crippen LogP contribution is -2.30. The molecule has 1 aliphatic carbocycles. The Kier molecular flexibility index (Phi) is 3.64. The molecule has 0 bridgehead atoms. The Balaban J connectivity index is 2.00. The maximum absolute atomic E-state index is 12.5. The molecule has 0 atom stereocenters. The first-order valence-corrected chi connectivity index (χ1v) is 7.58. The number of aryl methyl sites for hydroxylation is 3. The summed E-state index contributed by atoms with van der Waals surface area (Å²) in [5.41, 5.74) is 10.9. The molecule has 0 spiro atoms. The fourth-order valence-corrected chi connectivity index (χ4v) is 3.12. The van der Waals surface area contributed by atoms with Crippen LogP contribution in [0.3, 0.4) is 0 Å². The zero-order valence-electron chi connectivity index (χ0n) is 12.1. The van der Waals surface area contributed by atoms with Gasteiger partial charge in [0.15, 0.2) is 0 Å². The van der Waals surface area contributed by atoms with Gasteiger partial charge in [-0.2, -0.15) is 0 Å². The number of aromatic nitrogens is 1. The molecular formula is C17H18N2OS. The van der Waals surface area contributed by atoms with Crippen LogP contribution in [0.1, 0.15) is 34.4 Å². The first-order chi connectivity index (χ1) is 10.1. The molecule has 3 rings (SSSR count). The number of hydrogen-bond acceptors (Lipinski definition) is 2. The molecule has 0 saturated carbocycles. The van der Waals surface area contributed by atoms with E-state index in [1.54, 1.807) is 10.6 Å². The Labute approximate surface area is 129 Å². The van der Waals surface area contributed by atoms with E-state index in [1.807, 2.05) is 13.0 Å². The van der Waals surface area contributed by atoms with Gasteiger partial charge in [0.1, 0.15) is 4.99 Å². The van der Waals surface area contributed by atoms with Crippen molar-refractivity contribution in [3.05, 3.63) is 68.6 Å². The predicted octanol–water partition coefficient (Wildman–Crippen LogP) is 2.33. The fraction of sp³-hybridized carbons (Fsp3) is 0.294. The molecule has 1 aromatic carbocycles. The van der Waals surface area contributed by atoms with Crippen molar-refractivity contribution in [3.63, 3.8) is 0 Å². The Bertz CT molecular complexity index is 777. The van der Waals surface area contributed by atoms with Crippen LogP contribution in [0.4, 0.5) is 0 Å². The molecule has 1 heterocycles. The minimum Gasteiger partial charge on any atom is -0.389 e. The highest BCUT2D eigenvalue weighted by atomic mass is 32.1. The molecule has 108 valence electrons. The maximum Gasteiger partial charge on any atom is 0.261 e. The van der Waals surface area contributed by atoms with Crippen molar-refractivity contribution in [1.29, 1.82) is 0 Å². The molecule has 1 aliphatic rings. The molecule has 0 radical (unpaired) electrons. The van der Waals surface area contributed by atoms with Crippen LogP contribution in [-0.2, 0) is 19.4 Å². The third-order valence-corrected chi connectivity index (χ3v) is 4.38. The van der Waals surface area contributed by atoms with Crippen LogP contribution in [0.2, 0.25) is 0 Å². The van der Waals surface area contributed by atoms with Crippen LogP contribution >= 0.6 is 12.2 Å².